The van der Waals surface area contributed by atoms with E-state index in [-0.39, 0.29) is 0 Å². The summed E-state index contributed by atoms with van der Waals surface area (Å²) in [5.41, 5.74) is 4.84. The van der Waals surface area contributed by atoms with Crippen LogP contribution >= 0.6 is 0 Å². The smallest absolute Gasteiger partial charge is 0.206 e. The van der Waals surface area contributed by atoms with Crippen molar-refractivity contribution >= 4 is 17.0 Å². The molecule has 0 unspecified atom stereocenters. The summed E-state index contributed by atoms with van der Waals surface area (Å²) in [4.78, 5) is 9.75. The Labute approximate surface area is 196 Å². The third kappa shape index (κ3) is 5.25. The SMILES string of the molecule is Cc1cc(OCCOCCn2c(N3CCCN(C)CC3)nc3ccccc32)c(C)c(C)c1O. The van der Waals surface area contributed by atoms with Crippen molar-refractivity contribution in [3.8, 4) is 11.5 Å². The first-order chi connectivity index (χ1) is 16.0. The molecule has 1 N–H and O–H groups in total. The van der Waals surface area contributed by atoms with Crippen LogP contribution in [-0.4, -0.2) is 72.6 Å². The number of benzene rings is 2. The van der Waals surface area contributed by atoms with E-state index in [2.05, 4.69) is 39.6 Å². The van der Waals surface area contributed by atoms with Gasteiger partial charge in [0.1, 0.15) is 18.1 Å². The zero-order valence-electron chi connectivity index (χ0n) is 20.3. The van der Waals surface area contributed by atoms with E-state index in [4.69, 9.17) is 14.5 Å². The highest BCUT2D eigenvalue weighted by Crippen LogP contribution is 2.32. The van der Waals surface area contributed by atoms with E-state index in [9.17, 15) is 5.11 Å². The number of rotatable bonds is 8. The van der Waals surface area contributed by atoms with Gasteiger partial charge >= 0.3 is 0 Å². The van der Waals surface area contributed by atoms with E-state index in [0.717, 1.165) is 78.6 Å². The van der Waals surface area contributed by atoms with Crippen LogP contribution in [0, 0.1) is 20.8 Å². The van der Waals surface area contributed by atoms with E-state index in [1.165, 1.54) is 0 Å². The molecule has 7 heteroatoms. The number of likely N-dealkylation sites (N-methyl/N-ethyl adjacent to an activating group) is 1. The second-order valence-corrected chi connectivity index (χ2v) is 8.95. The molecule has 1 saturated heterocycles. The largest absolute Gasteiger partial charge is 0.507 e. The van der Waals surface area contributed by atoms with Crippen molar-refractivity contribution in [2.75, 3.05) is 57.9 Å². The van der Waals surface area contributed by atoms with Gasteiger partial charge in [0.2, 0.25) is 5.95 Å². The first kappa shape index (κ1) is 23.4. The molecule has 33 heavy (non-hydrogen) atoms. The van der Waals surface area contributed by atoms with Gasteiger partial charge in [0.05, 0.1) is 24.2 Å². The number of phenols is 1. The summed E-state index contributed by atoms with van der Waals surface area (Å²) in [7, 11) is 2.19. The molecular weight excluding hydrogens is 416 g/mol. The number of aromatic hydroxyl groups is 1. The van der Waals surface area contributed by atoms with Gasteiger partial charge in [-0.1, -0.05) is 12.1 Å². The van der Waals surface area contributed by atoms with Crippen molar-refractivity contribution in [1.29, 1.82) is 0 Å². The fourth-order valence-corrected chi connectivity index (χ4v) is 4.42. The van der Waals surface area contributed by atoms with Crippen LogP contribution in [0.25, 0.3) is 11.0 Å². The van der Waals surface area contributed by atoms with E-state index < -0.39 is 0 Å². The minimum absolute atomic E-state index is 0.343. The van der Waals surface area contributed by atoms with Crippen LogP contribution < -0.4 is 9.64 Å². The molecule has 0 spiro atoms. The molecule has 178 valence electrons. The summed E-state index contributed by atoms with van der Waals surface area (Å²) in [5, 5.41) is 10.1. The second kappa shape index (κ2) is 10.4. The maximum atomic E-state index is 10.1. The fourth-order valence-electron chi connectivity index (χ4n) is 4.42. The molecule has 1 fully saturated rings. The van der Waals surface area contributed by atoms with E-state index in [1.54, 1.807) is 0 Å². The number of nitrogens with zero attached hydrogens (tertiary/aromatic N) is 4. The summed E-state index contributed by atoms with van der Waals surface area (Å²) in [5.74, 6) is 2.19. The second-order valence-electron chi connectivity index (χ2n) is 8.95. The normalized spacial score (nSPS) is 15.2. The molecule has 0 aliphatic carbocycles. The number of anilines is 1. The molecule has 2 aromatic carbocycles. The number of fused-ring (bicyclic) bond motifs is 1. The average molecular weight is 453 g/mol. The summed E-state index contributed by atoms with van der Waals surface area (Å²) < 4.78 is 14.2. The van der Waals surface area contributed by atoms with Crippen LogP contribution in [0.15, 0.2) is 30.3 Å². The van der Waals surface area contributed by atoms with Gasteiger partial charge in [-0.05, 0) is 75.7 Å². The molecule has 0 bridgehead atoms. The molecule has 0 saturated carbocycles. The highest BCUT2D eigenvalue weighted by atomic mass is 16.5. The summed E-state index contributed by atoms with van der Waals surface area (Å²) in [6.45, 7) is 12.3. The number of aryl methyl sites for hydroxylation is 1. The lowest BCUT2D eigenvalue weighted by molar-refractivity contribution is 0.0947. The van der Waals surface area contributed by atoms with Gasteiger partial charge in [-0.3, -0.25) is 0 Å². The van der Waals surface area contributed by atoms with Crippen molar-refractivity contribution in [2.24, 2.45) is 0 Å². The van der Waals surface area contributed by atoms with Crippen LogP contribution in [0.4, 0.5) is 5.95 Å². The van der Waals surface area contributed by atoms with Gasteiger partial charge in [0.25, 0.3) is 0 Å². The number of imidazole rings is 1. The average Bonchev–Trinajstić information content (AvgIpc) is 3.04. The van der Waals surface area contributed by atoms with Gasteiger partial charge in [0.15, 0.2) is 0 Å². The molecule has 1 aliphatic heterocycles. The summed E-state index contributed by atoms with van der Waals surface area (Å²) >= 11 is 0. The van der Waals surface area contributed by atoms with E-state index in [1.807, 2.05) is 32.9 Å². The highest BCUT2D eigenvalue weighted by molar-refractivity contribution is 5.78. The number of ether oxygens (including phenoxy) is 2. The molecule has 7 nitrogen and oxygen atoms in total. The van der Waals surface area contributed by atoms with Gasteiger partial charge in [-0.25, -0.2) is 4.98 Å². The summed E-state index contributed by atoms with van der Waals surface area (Å²) in [6, 6.07) is 10.2. The van der Waals surface area contributed by atoms with Crippen LogP contribution in [0.3, 0.4) is 0 Å². The Kier molecular flexibility index (Phi) is 7.40. The van der Waals surface area contributed by atoms with Gasteiger partial charge in [0, 0.05) is 26.2 Å². The Morgan fingerprint density at radius 3 is 2.64 bits per heavy atom. The number of phenolic OH excluding ortho intramolecular Hbond substituents is 1. The lowest BCUT2D eigenvalue weighted by atomic mass is 10.0. The maximum Gasteiger partial charge on any atom is 0.206 e. The molecule has 1 aromatic heterocycles. The van der Waals surface area contributed by atoms with Crippen LogP contribution in [-0.2, 0) is 11.3 Å². The number of hydrogen-bond donors (Lipinski definition) is 1. The molecule has 1 aliphatic rings. The Morgan fingerprint density at radius 1 is 0.970 bits per heavy atom. The minimum atomic E-state index is 0.343. The number of aromatic nitrogens is 2. The molecule has 3 aromatic rings. The van der Waals surface area contributed by atoms with Crippen molar-refractivity contribution in [3.05, 3.63) is 47.0 Å². The topological polar surface area (TPSA) is 63.0 Å². The Bertz CT molecular complexity index is 1090. The Balaban J connectivity index is 1.36. The Morgan fingerprint density at radius 2 is 1.79 bits per heavy atom. The van der Waals surface area contributed by atoms with Gasteiger partial charge in [-0.2, -0.15) is 0 Å². The molecule has 0 radical (unpaired) electrons. The molecular formula is C26H36N4O3. The monoisotopic (exact) mass is 452 g/mol. The van der Waals surface area contributed by atoms with Crippen LogP contribution in [0.5, 0.6) is 11.5 Å². The van der Waals surface area contributed by atoms with E-state index >= 15 is 0 Å². The van der Waals surface area contributed by atoms with Crippen molar-refractivity contribution in [1.82, 2.24) is 14.5 Å². The van der Waals surface area contributed by atoms with Crippen molar-refractivity contribution in [2.45, 2.75) is 33.7 Å². The third-order valence-electron chi connectivity index (χ3n) is 6.59. The van der Waals surface area contributed by atoms with Crippen LogP contribution in [0.2, 0.25) is 0 Å². The number of hydrogen-bond acceptors (Lipinski definition) is 6. The van der Waals surface area contributed by atoms with Gasteiger partial charge in [-0.15, -0.1) is 0 Å². The summed E-state index contributed by atoms with van der Waals surface area (Å²) in [6.07, 6.45) is 1.14. The van der Waals surface area contributed by atoms with Crippen molar-refractivity contribution in [3.63, 3.8) is 0 Å². The van der Waals surface area contributed by atoms with E-state index in [0.29, 0.717) is 25.6 Å². The first-order valence-electron chi connectivity index (χ1n) is 11.8. The lowest BCUT2D eigenvalue weighted by Crippen LogP contribution is -2.31. The molecule has 4 rings (SSSR count). The molecule has 2 heterocycles. The standard InChI is InChI=1S/C26H36N4O3/c1-19-18-24(20(2)21(3)25(19)31)33-17-16-32-15-14-30-23-9-6-5-8-22(23)27-26(30)29-11-7-10-28(4)12-13-29/h5-6,8-9,18,31H,7,10-17H2,1-4H3. The maximum absolute atomic E-state index is 10.1. The fraction of sp³-hybridized carbons (Fsp3) is 0.500. The molecule has 0 amide bonds. The highest BCUT2D eigenvalue weighted by Gasteiger charge is 2.19. The minimum Gasteiger partial charge on any atom is -0.507 e. The predicted molar refractivity (Wildman–Crippen MR) is 133 cm³/mol. The number of para-hydroxylation sites is 2. The first-order valence-corrected chi connectivity index (χ1v) is 11.8. The zero-order valence-corrected chi connectivity index (χ0v) is 20.3. The lowest BCUT2D eigenvalue weighted by Gasteiger charge is -2.23. The quantitative estimate of drug-likeness (QED) is 0.523. The zero-order chi connectivity index (χ0) is 23.4. The molecule has 0 atom stereocenters. The van der Waals surface area contributed by atoms with Crippen LogP contribution in [0.1, 0.15) is 23.1 Å². The Hall–Kier alpha value is -2.77. The van der Waals surface area contributed by atoms with Crippen molar-refractivity contribution < 1.29 is 14.6 Å². The third-order valence-corrected chi connectivity index (χ3v) is 6.59. The van der Waals surface area contributed by atoms with Gasteiger partial charge < -0.3 is 28.9 Å². The predicted octanol–water partition coefficient (Wildman–Crippen LogP) is 3.90.